The number of nitrogens with zero attached hydrogens (tertiary/aromatic N) is 4. The minimum Gasteiger partial charge on any atom is -0.467 e. The van der Waals surface area contributed by atoms with Gasteiger partial charge in [-0.2, -0.15) is 15.0 Å². The van der Waals surface area contributed by atoms with E-state index in [1.165, 1.54) is 7.11 Å². The van der Waals surface area contributed by atoms with Crippen molar-refractivity contribution < 1.29 is 9.53 Å². The first-order valence-electron chi connectivity index (χ1n) is 6.57. The number of rotatable bonds is 5. The van der Waals surface area contributed by atoms with Gasteiger partial charge in [0.15, 0.2) is 0 Å². The van der Waals surface area contributed by atoms with Crippen LogP contribution < -0.4 is 20.7 Å². The number of methoxy groups -OCH3 is 1. The lowest BCUT2D eigenvalue weighted by molar-refractivity contribution is -0.125. The summed E-state index contributed by atoms with van der Waals surface area (Å²) < 4.78 is 5.08. The highest BCUT2D eigenvalue weighted by Crippen LogP contribution is 2.32. The number of carbonyl (C=O) groups excluding carboxylic acids is 1. The van der Waals surface area contributed by atoms with Gasteiger partial charge in [0.05, 0.1) is 12.5 Å². The monoisotopic (exact) mass is 280 g/mol. The van der Waals surface area contributed by atoms with Crippen molar-refractivity contribution in [2.75, 3.05) is 37.0 Å². The van der Waals surface area contributed by atoms with Gasteiger partial charge in [-0.25, -0.2) is 0 Å². The van der Waals surface area contributed by atoms with E-state index in [1.807, 2.05) is 18.7 Å². The Kier molecular flexibility index (Phi) is 3.91. The molecule has 1 aliphatic heterocycles. The summed E-state index contributed by atoms with van der Waals surface area (Å²) in [7, 11) is 1.51. The molecule has 1 fully saturated rings. The minimum atomic E-state index is -0.543. The highest BCUT2D eigenvalue weighted by molar-refractivity contribution is 5.81. The summed E-state index contributed by atoms with van der Waals surface area (Å²) in [6.45, 7) is 5.69. The van der Waals surface area contributed by atoms with Gasteiger partial charge in [-0.1, -0.05) is 0 Å². The van der Waals surface area contributed by atoms with Gasteiger partial charge in [0.25, 0.3) is 0 Å². The summed E-state index contributed by atoms with van der Waals surface area (Å²) in [5.41, 5.74) is 4.91. The number of carbonyl (C=O) groups is 1. The molecule has 0 aromatic carbocycles. The van der Waals surface area contributed by atoms with E-state index in [2.05, 4.69) is 20.3 Å². The zero-order valence-electron chi connectivity index (χ0n) is 12.0. The maximum Gasteiger partial charge on any atom is 0.322 e. The van der Waals surface area contributed by atoms with Crippen LogP contribution >= 0.6 is 0 Å². The molecule has 2 rings (SSSR count). The molecule has 1 aromatic rings. The number of anilines is 2. The maximum atomic E-state index is 11.5. The number of aromatic nitrogens is 3. The fraction of sp³-hybridized carbons (Fsp3) is 0.667. The smallest absolute Gasteiger partial charge is 0.322 e. The first kappa shape index (κ1) is 14.3. The SMILES string of the molecule is CCNc1nc(OC)nc(N2CCC(C)(C(N)=O)C2)n1. The number of amides is 1. The van der Waals surface area contributed by atoms with E-state index in [1.54, 1.807) is 0 Å². The number of nitrogens with two attached hydrogens (primary N) is 1. The van der Waals surface area contributed by atoms with Crippen molar-refractivity contribution in [2.24, 2.45) is 11.1 Å². The van der Waals surface area contributed by atoms with Crippen LogP contribution in [0.5, 0.6) is 6.01 Å². The molecule has 1 amide bonds. The average molecular weight is 280 g/mol. The predicted molar refractivity (Wildman–Crippen MR) is 74.7 cm³/mol. The van der Waals surface area contributed by atoms with Crippen molar-refractivity contribution in [3.63, 3.8) is 0 Å². The topological polar surface area (TPSA) is 106 Å². The Hall–Kier alpha value is -2.12. The molecule has 0 aliphatic carbocycles. The minimum absolute atomic E-state index is 0.249. The molecule has 2 heterocycles. The average Bonchev–Trinajstić information content (AvgIpc) is 2.83. The molecule has 1 saturated heterocycles. The molecule has 20 heavy (non-hydrogen) atoms. The summed E-state index contributed by atoms with van der Waals surface area (Å²) in [5, 5.41) is 3.03. The Labute approximate surface area is 117 Å². The van der Waals surface area contributed by atoms with E-state index >= 15 is 0 Å². The summed E-state index contributed by atoms with van der Waals surface area (Å²) in [4.78, 5) is 26.1. The summed E-state index contributed by atoms with van der Waals surface area (Å²) in [6, 6.07) is 0.249. The molecular weight excluding hydrogens is 260 g/mol. The zero-order valence-corrected chi connectivity index (χ0v) is 12.0. The Morgan fingerprint density at radius 2 is 2.25 bits per heavy atom. The van der Waals surface area contributed by atoms with Crippen LogP contribution in [0, 0.1) is 5.41 Å². The fourth-order valence-corrected chi connectivity index (χ4v) is 2.15. The van der Waals surface area contributed by atoms with E-state index in [0.29, 0.717) is 38.0 Å². The first-order chi connectivity index (χ1) is 9.48. The van der Waals surface area contributed by atoms with Crippen LogP contribution in [0.2, 0.25) is 0 Å². The van der Waals surface area contributed by atoms with E-state index in [-0.39, 0.29) is 11.9 Å². The van der Waals surface area contributed by atoms with Crippen LogP contribution in [-0.4, -0.2) is 47.6 Å². The normalized spacial score (nSPS) is 21.9. The standard InChI is InChI=1S/C12H20N6O2/c1-4-14-9-15-10(17-11(16-9)20-3)18-6-5-12(2,7-18)8(13)19/h4-7H2,1-3H3,(H2,13,19)(H,14,15,16,17). The van der Waals surface area contributed by atoms with Gasteiger partial charge in [-0.05, 0) is 20.3 Å². The van der Waals surface area contributed by atoms with Gasteiger partial charge >= 0.3 is 6.01 Å². The van der Waals surface area contributed by atoms with Crippen molar-refractivity contribution in [2.45, 2.75) is 20.3 Å². The second-order valence-electron chi connectivity index (χ2n) is 5.07. The van der Waals surface area contributed by atoms with Gasteiger partial charge in [0, 0.05) is 19.6 Å². The molecule has 1 aromatic heterocycles. The summed E-state index contributed by atoms with van der Waals surface area (Å²) >= 11 is 0. The van der Waals surface area contributed by atoms with E-state index in [4.69, 9.17) is 10.5 Å². The largest absolute Gasteiger partial charge is 0.467 e. The Balaban J connectivity index is 2.25. The molecule has 3 N–H and O–H groups in total. The maximum absolute atomic E-state index is 11.5. The number of primary amides is 1. The van der Waals surface area contributed by atoms with Crippen molar-refractivity contribution >= 4 is 17.8 Å². The molecule has 1 aliphatic rings. The Morgan fingerprint density at radius 3 is 2.80 bits per heavy atom. The molecule has 0 bridgehead atoms. The van der Waals surface area contributed by atoms with E-state index in [9.17, 15) is 4.79 Å². The molecule has 0 radical (unpaired) electrons. The Morgan fingerprint density at radius 1 is 1.50 bits per heavy atom. The fourth-order valence-electron chi connectivity index (χ4n) is 2.15. The lowest BCUT2D eigenvalue weighted by atomic mass is 9.89. The third-order valence-electron chi connectivity index (χ3n) is 3.47. The van der Waals surface area contributed by atoms with E-state index in [0.717, 1.165) is 0 Å². The second-order valence-corrected chi connectivity index (χ2v) is 5.07. The van der Waals surface area contributed by atoms with Gasteiger partial charge in [-0.15, -0.1) is 0 Å². The van der Waals surface area contributed by atoms with Crippen LogP contribution in [-0.2, 0) is 4.79 Å². The van der Waals surface area contributed by atoms with Crippen LogP contribution in [0.25, 0.3) is 0 Å². The molecule has 8 nitrogen and oxygen atoms in total. The number of hydrogen-bond acceptors (Lipinski definition) is 7. The molecular formula is C12H20N6O2. The van der Waals surface area contributed by atoms with Crippen LogP contribution in [0.4, 0.5) is 11.9 Å². The van der Waals surface area contributed by atoms with Crippen molar-refractivity contribution in [1.82, 2.24) is 15.0 Å². The summed E-state index contributed by atoms with van der Waals surface area (Å²) in [5.74, 6) is 0.660. The first-order valence-corrected chi connectivity index (χ1v) is 6.57. The highest BCUT2D eigenvalue weighted by atomic mass is 16.5. The molecule has 1 unspecified atom stereocenters. The molecule has 1 atom stereocenters. The van der Waals surface area contributed by atoms with Crippen molar-refractivity contribution in [1.29, 1.82) is 0 Å². The van der Waals surface area contributed by atoms with Crippen molar-refractivity contribution in [3.05, 3.63) is 0 Å². The molecule has 0 spiro atoms. The lowest BCUT2D eigenvalue weighted by Gasteiger charge is -2.21. The lowest BCUT2D eigenvalue weighted by Crippen LogP contribution is -2.37. The number of ether oxygens (including phenoxy) is 1. The van der Waals surface area contributed by atoms with Crippen LogP contribution in [0.15, 0.2) is 0 Å². The third-order valence-corrected chi connectivity index (χ3v) is 3.47. The highest BCUT2D eigenvalue weighted by Gasteiger charge is 2.40. The van der Waals surface area contributed by atoms with E-state index < -0.39 is 5.41 Å². The van der Waals surface area contributed by atoms with Crippen LogP contribution in [0.3, 0.4) is 0 Å². The van der Waals surface area contributed by atoms with Gasteiger partial charge in [-0.3, -0.25) is 4.79 Å². The predicted octanol–water partition coefficient (Wildman–Crippen LogP) is 0.0137. The quantitative estimate of drug-likeness (QED) is 0.782. The number of hydrogen-bond donors (Lipinski definition) is 2. The summed E-state index contributed by atoms with van der Waals surface area (Å²) in [6.07, 6.45) is 0.687. The van der Waals surface area contributed by atoms with Gasteiger partial charge in [0.2, 0.25) is 17.8 Å². The van der Waals surface area contributed by atoms with Crippen molar-refractivity contribution in [3.8, 4) is 6.01 Å². The molecule has 110 valence electrons. The number of nitrogens with one attached hydrogen (secondary N) is 1. The second kappa shape index (κ2) is 5.48. The molecule has 0 saturated carbocycles. The van der Waals surface area contributed by atoms with Crippen LogP contribution in [0.1, 0.15) is 20.3 Å². The Bertz CT molecular complexity index is 509. The van der Waals surface area contributed by atoms with Gasteiger partial charge in [0.1, 0.15) is 0 Å². The van der Waals surface area contributed by atoms with Gasteiger partial charge < -0.3 is 20.7 Å². The molecule has 8 heteroatoms. The zero-order chi connectivity index (χ0) is 14.8. The third kappa shape index (κ3) is 2.73.